The number of nitrogens with zero attached hydrogens (tertiary/aromatic N) is 2. The fourth-order valence-electron chi connectivity index (χ4n) is 1.77. The van der Waals surface area contributed by atoms with Crippen molar-refractivity contribution in [3.63, 3.8) is 0 Å². The maximum atomic E-state index is 12.5. The number of aromatic nitrogens is 1. The minimum atomic E-state index is -0.669. The van der Waals surface area contributed by atoms with Gasteiger partial charge in [-0.1, -0.05) is 11.6 Å². The van der Waals surface area contributed by atoms with E-state index in [2.05, 4.69) is 4.98 Å². The Kier molecular flexibility index (Phi) is 5.73. The second-order valence-corrected chi connectivity index (χ2v) is 6.33. The van der Waals surface area contributed by atoms with Crippen LogP contribution in [0.4, 0.5) is 10.5 Å². The summed E-state index contributed by atoms with van der Waals surface area (Å²) in [5.74, 6) is 4.59. The molecule has 7 nitrogen and oxygen atoms in total. The number of pyridine rings is 1. The number of anilines is 1. The number of hydrogen-bond acceptors (Lipinski definition) is 5. The first-order valence-electron chi connectivity index (χ1n) is 6.75. The summed E-state index contributed by atoms with van der Waals surface area (Å²) in [6.07, 6.45) is 0.676. The van der Waals surface area contributed by atoms with Crippen molar-refractivity contribution in [2.45, 2.75) is 46.3 Å². The Bertz CT molecular complexity index is 570. The van der Waals surface area contributed by atoms with Crippen molar-refractivity contribution in [1.82, 2.24) is 10.4 Å². The zero-order valence-corrected chi connectivity index (χ0v) is 14.1. The van der Waals surface area contributed by atoms with Gasteiger partial charge < -0.3 is 4.74 Å². The third-order valence-electron chi connectivity index (χ3n) is 2.59. The molecule has 8 heteroatoms. The zero-order chi connectivity index (χ0) is 17.1. The Morgan fingerprint density at radius 3 is 2.45 bits per heavy atom. The largest absolute Gasteiger partial charge is 0.443 e. The van der Waals surface area contributed by atoms with Gasteiger partial charge in [0.2, 0.25) is 0 Å². The second kappa shape index (κ2) is 6.93. The molecule has 0 unspecified atom stereocenters. The van der Waals surface area contributed by atoms with Gasteiger partial charge in [0.25, 0.3) is 5.91 Å². The Morgan fingerprint density at radius 2 is 2.00 bits per heavy atom. The summed E-state index contributed by atoms with van der Waals surface area (Å²) >= 11 is 5.90. The molecular formula is C14H21ClN4O3. The summed E-state index contributed by atoms with van der Waals surface area (Å²) in [5.41, 5.74) is 1.77. The average molecular weight is 329 g/mol. The number of rotatable bonds is 3. The molecule has 0 saturated carbocycles. The summed E-state index contributed by atoms with van der Waals surface area (Å²) in [6, 6.07) is 1.16. The number of carbonyl (C=O) groups is 2. The lowest BCUT2D eigenvalue weighted by atomic mass is 10.1. The van der Waals surface area contributed by atoms with E-state index in [1.54, 1.807) is 34.6 Å². The molecule has 0 saturated heterocycles. The smallest absolute Gasteiger partial charge is 0.415 e. The van der Waals surface area contributed by atoms with Gasteiger partial charge >= 0.3 is 6.09 Å². The molecule has 1 aromatic heterocycles. The van der Waals surface area contributed by atoms with Gasteiger partial charge in [-0.2, -0.15) is 0 Å². The van der Waals surface area contributed by atoms with E-state index in [1.165, 1.54) is 17.2 Å². The predicted octanol–water partition coefficient (Wildman–Crippen LogP) is 2.49. The van der Waals surface area contributed by atoms with E-state index in [1.807, 2.05) is 5.43 Å². The van der Waals surface area contributed by atoms with Crippen LogP contribution in [0.3, 0.4) is 0 Å². The number of nitrogens with two attached hydrogens (primary N) is 1. The Morgan fingerprint density at radius 1 is 1.41 bits per heavy atom. The molecule has 0 aromatic carbocycles. The lowest BCUT2D eigenvalue weighted by molar-refractivity contribution is 0.0570. The van der Waals surface area contributed by atoms with Crippen molar-refractivity contribution in [3.05, 3.63) is 23.0 Å². The first kappa shape index (κ1) is 18.2. The van der Waals surface area contributed by atoms with E-state index >= 15 is 0 Å². The van der Waals surface area contributed by atoms with Gasteiger partial charge in [-0.05, 0) is 34.6 Å². The monoisotopic (exact) mass is 328 g/mol. The lowest BCUT2D eigenvalue weighted by Crippen LogP contribution is -2.42. The van der Waals surface area contributed by atoms with Gasteiger partial charge in [-0.15, -0.1) is 0 Å². The van der Waals surface area contributed by atoms with Gasteiger partial charge in [0.1, 0.15) is 10.8 Å². The van der Waals surface area contributed by atoms with Crippen LogP contribution in [-0.4, -0.2) is 28.6 Å². The highest BCUT2D eigenvalue weighted by atomic mass is 35.5. The van der Waals surface area contributed by atoms with Crippen LogP contribution in [0.5, 0.6) is 0 Å². The number of nitrogen functional groups attached to an aromatic ring is 1. The molecule has 122 valence electrons. The van der Waals surface area contributed by atoms with E-state index in [4.69, 9.17) is 22.2 Å². The quantitative estimate of drug-likeness (QED) is 0.384. The molecule has 0 aliphatic carbocycles. The number of hydrogen-bond donors (Lipinski definition) is 2. The highest BCUT2D eigenvalue weighted by Gasteiger charge is 2.29. The molecule has 1 rings (SSSR count). The molecule has 0 aliphatic heterocycles. The lowest BCUT2D eigenvalue weighted by Gasteiger charge is -2.31. The van der Waals surface area contributed by atoms with Crippen molar-refractivity contribution in [1.29, 1.82) is 0 Å². The summed E-state index contributed by atoms with van der Waals surface area (Å²) < 4.78 is 5.38. The summed E-state index contributed by atoms with van der Waals surface area (Å²) in [6.45, 7) is 8.87. The second-order valence-electron chi connectivity index (χ2n) is 5.94. The molecule has 0 radical (unpaired) electrons. The average Bonchev–Trinajstić information content (AvgIpc) is 2.35. The summed E-state index contributed by atoms with van der Waals surface area (Å²) in [7, 11) is 0. The SMILES string of the molecule is CC(C)N(C(=O)OC(C)(C)C)c1cc(Cl)ncc1C(=O)NN. The highest BCUT2D eigenvalue weighted by molar-refractivity contribution is 6.30. The Hall–Kier alpha value is -1.86. The number of nitrogens with one attached hydrogen (secondary N) is 1. The zero-order valence-electron chi connectivity index (χ0n) is 13.3. The normalized spacial score (nSPS) is 11.3. The number of hydrazine groups is 1. The topological polar surface area (TPSA) is 97.5 Å². The van der Waals surface area contributed by atoms with Gasteiger partial charge in [0, 0.05) is 18.3 Å². The van der Waals surface area contributed by atoms with Gasteiger partial charge in [-0.3, -0.25) is 15.1 Å². The standard InChI is InChI=1S/C14H21ClN4O3/c1-8(2)19(13(21)22-14(3,4)5)10-6-11(15)17-7-9(10)12(20)18-16/h6-8H,16H2,1-5H3,(H,18,20). The molecule has 1 heterocycles. The molecule has 1 aromatic rings. The number of amides is 2. The molecule has 0 fully saturated rings. The van der Waals surface area contributed by atoms with E-state index in [9.17, 15) is 9.59 Å². The number of ether oxygens (including phenoxy) is 1. The van der Waals surface area contributed by atoms with Crippen LogP contribution in [-0.2, 0) is 4.74 Å². The van der Waals surface area contributed by atoms with Crippen LogP contribution in [0, 0.1) is 0 Å². The van der Waals surface area contributed by atoms with Gasteiger partial charge in [0.15, 0.2) is 0 Å². The van der Waals surface area contributed by atoms with Crippen LogP contribution in [0.1, 0.15) is 45.0 Å². The number of carbonyl (C=O) groups excluding carboxylic acids is 2. The first-order valence-corrected chi connectivity index (χ1v) is 7.13. The molecule has 0 atom stereocenters. The van der Waals surface area contributed by atoms with Crippen molar-refractivity contribution < 1.29 is 14.3 Å². The van der Waals surface area contributed by atoms with Crippen LogP contribution in [0.2, 0.25) is 5.15 Å². The predicted molar refractivity (Wildman–Crippen MR) is 84.7 cm³/mol. The van der Waals surface area contributed by atoms with Gasteiger partial charge in [-0.25, -0.2) is 15.6 Å². The van der Waals surface area contributed by atoms with E-state index in [0.717, 1.165) is 0 Å². The van der Waals surface area contributed by atoms with E-state index in [-0.39, 0.29) is 22.4 Å². The van der Waals surface area contributed by atoms with Crippen molar-refractivity contribution in [2.24, 2.45) is 5.84 Å². The fraction of sp³-hybridized carbons (Fsp3) is 0.500. The van der Waals surface area contributed by atoms with Crippen LogP contribution >= 0.6 is 11.6 Å². The minimum absolute atomic E-state index is 0.131. The maximum Gasteiger partial charge on any atom is 0.415 e. The van der Waals surface area contributed by atoms with Crippen molar-refractivity contribution >= 4 is 29.3 Å². The Labute approximate surface area is 134 Å². The van der Waals surface area contributed by atoms with E-state index in [0.29, 0.717) is 0 Å². The first-order chi connectivity index (χ1) is 10.1. The van der Waals surface area contributed by atoms with Crippen molar-refractivity contribution in [2.75, 3.05) is 4.90 Å². The minimum Gasteiger partial charge on any atom is -0.443 e. The molecule has 0 bridgehead atoms. The van der Waals surface area contributed by atoms with E-state index < -0.39 is 17.6 Å². The molecule has 0 aliphatic rings. The molecule has 0 spiro atoms. The fourth-order valence-corrected chi connectivity index (χ4v) is 1.92. The number of halogens is 1. The highest BCUT2D eigenvalue weighted by Crippen LogP contribution is 2.27. The third-order valence-corrected chi connectivity index (χ3v) is 2.80. The molecule has 3 N–H and O–H groups in total. The van der Waals surface area contributed by atoms with Crippen LogP contribution < -0.4 is 16.2 Å². The van der Waals surface area contributed by atoms with Crippen LogP contribution in [0.15, 0.2) is 12.3 Å². The Balaban J connectivity index is 3.35. The summed E-state index contributed by atoms with van der Waals surface area (Å²) in [4.78, 5) is 29.5. The third kappa shape index (κ3) is 4.57. The van der Waals surface area contributed by atoms with Crippen LogP contribution in [0.25, 0.3) is 0 Å². The maximum absolute atomic E-state index is 12.5. The van der Waals surface area contributed by atoms with Crippen molar-refractivity contribution in [3.8, 4) is 0 Å². The molecule has 22 heavy (non-hydrogen) atoms. The molecule has 2 amide bonds. The molecular weight excluding hydrogens is 308 g/mol. The summed E-state index contributed by atoms with van der Waals surface area (Å²) in [5, 5.41) is 0.151. The van der Waals surface area contributed by atoms with Gasteiger partial charge in [0.05, 0.1) is 11.3 Å².